The molecule has 1 aromatic heterocycles. The fourth-order valence-corrected chi connectivity index (χ4v) is 1.43. The first-order valence-corrected chi connectivity index (χ1v) is 4.69. The zero-order chi connectivity index (χ0) is 9.80. The Labute approximate surface area is 81.5 Å². The number of hydrogen-bond donors (Lipinski definition) is 1. The molecule has 1 aliphatic rings. The topological polar surface area (TPSA) is 47.0 Å². The Balaban J connectivity index is 1.92. The third kappa shape index (κ3) is 2.38. The molecular weight excluding hydrogens is 185 g/mol. The van der Waals surface area contributed by atoms with Crippen LogP contribution >= 0.6 is 0 Å². The second-order valence-electron chi connectivity index (χ2n) is 3.27. The van der Waals surface area contributed by atoms with Crippen molar-refractivity contribution in [2.24, 2.45) is 0 Å². The Hall–Kier alpha value is -1.23. The maximum absolute atomic E-state index is 12.5. The minimum Gasteiger partial charge on any atom is -0.459 e. The molecule has 1 aliphatic heterocycles. The number of nitrogens with zero attached hydrogens (tertiary/aromatic N) is 2. The lowest BCUT2D eigenvalue weighted by molar-refractivity contribution is 0.153. The van der Waals surface area contributed by atoms with Crippen molar-refractivity contribution in [1.82, 2.24) is 15.3 Å². The molecule has 1 aromatic rings. The van der Waals surface area contributed by atoms with Gasteiger partial charge in [0.1, 0.15) is 6.10 Å². The highest BCUT2D eigenvalue weighted by Crippen LogP contribution is 2.09. The predicted octanol–water partition coefficient (Wildman–Crippen LogP) is 0.747. The summed E-state index contributed by atoms with van der Waals surface area (Å²) in [6, 6.07) is 0.250. The summed E-state index contributed by atoms with van der Waals surface area (Å²) >= 11 is 0. The number of halogens is 1. The number of rotatable bonds is 2. The van der Waals surface area contributed by atoms with Crippen molar-refractivity contribution in [3.63, 3.8) is 0 Å². The smallest absolute Gasteiger partial charge is 0.316 e. The molecule has 0 aromatic carbocycles. The molecule has 0 bridgehead atoms. The molecule has 0 aliphatic carbocycles. The first-order valence-electron chi connectivity index (χ1n) is 4.69. The lowest BCUT2D eigenvalue weighted by Crippen LogP contribution is -2.37. The molecule has 0 radical (unpaired) electrons. The van der Waals surface area contributed by atoms with Gasteiger partial charge >= 0.3 is 6.01 Å². The average Bonchev–Trinajstić information content (AvgIpc) is 2.23. The standard InChI is InChI=1S/C9H12FN3O/c10-7-4-12-9(13-5-7)14-8-2-1-3-11-6-8/h4-5,8,11H,1-3,6H2/t8-/m1/s1. The van der Waals surface area contributed by atoms with Crippen LogP contribution in [-0.4, -0.2) is 29.2 Å². The Kier molecular flexibility index (Phi) is 2.88. The van der Waals surface area contributed by atoms with Crippen LogP contribution in [0.25, 0.3) is 0 Å². The second kappa shape index (κ2) is 4.32. The fraction of sp³-hybridized carbons (Fsp3) is 0.556. The summed E-state index contributed by atoms with van der Waals surface area (Å²) in [5.41, 5.74) is 0. The van der Waals surface area contributed by atoms with Crippen molar-refractivity contribution in [3.8, 4) is 6.01 Å². The van der Waals surface area contributed by atoms with Crippen LogP contribution in [0.15, 0.2) is 12.4 Å². The van der Waals surface area contributed by atoms with Crippen LogP contribution in [0, 0.1) is 5.82 Å². The molecule has 76 valence electrons. The highest BCUT2D eigenvalue weighted by molar-refractivity contribution is 4.96. The lowest BCUT2D eigenvalue weighted by Gasteiger charge is -2.22. The van der Waals surface area contributed by atoms with E-state index in [0.29, 0.717) is 0 Å². The van der Waals surface area contributed by atoms with Crippen molar-refractivity contribution in [1.29, 1.82) is 0 Å². The van der Waals surface area contributed by atoms with Crippen LogP contribution in [0.3, 0.4) is 0 Å². The van der Waals surface area contributed by atoms with E-state index in [-0.39, 0.29) is 12.1 Å². The minimum absolute atomic E-state index is 0.106. The maximum atomic E-state index is 12.5. The van der Waals surface area contributed by atoms with Crippen LogP contribution in [0.1, 0.15) is 12.8 Å². The number of nitrogens with one attached hydrogen (secondary N) is 1. The summed E-state index contributed by atoms with van der Waals surface area (Å²) in [4.78, 5) is 7.47. The van der Waals surface area contributed by atoms with Gasteiger partial charge in [-0.1, -0.05) is 0 Å². The fourth-order valence-electron chi connectivity index (χ4n) is 1.43. The molecule has 4 nitrogen and oxygen atoms in total. The Morgan fingerprint density at radius 1 is 1.43 bits per heavy atom. The number of aromatic nitrogens is 2. The van der Waals surface area contributed by atoms with Crippen LogP contribution in [-0.2, 0) is 0 Å². The van der Waals surface area contributed by atoms with E-state index in [2.05, 4.69) is 15.3 Å². The summed E-state index contributed by atoms with van der Waals surface area (Å²) in [5, 5.41) is 3.21. The van der Waals surface area contributed by atoms with E-state index in [4.69, 9.17) is 4.74 Å². The molecule has 0 amide bonds. The molecule has 1 saturated heterocycles. The average molecular weight is 197 g/mol. The minimum atomic E-state index is -0.445. The first kappa shape index (κ1) is 9.33. The third-order valence-corrected chi connectivity index (χ3v) is 2.12. The predicted molar refractivity (Wildman–Crippen MR) is 48.5 cm³/mol. The van der Waals surface area contributed by atoms with Gasteiger partial charge in [0.05, 0.1) is 12.4 Å². The summed E-state index contributed by atoms with van der Waals surface area (Å²) < 4.78 is 17.9. The van der Waals surface area contributed by atoms with Gasteiger partial charge in [-0.05, 0) is 19.4 Å². The summed E-state index contributed by atoms with van der Waals surface area (Å²) in [6.07, 6.45) is 4.41. The van der Waals surface area contributed by atoms with E-state index in [0.717, 1.165) is 38.3 Å². The van der Waals surface area contributed by atoms with Gasteiger partial charge in [-0.3, -0.25) is 0 Å². The largest absolute Gasteiger partial charge is 0.459 e. The van der Waals surface area contributed by atoms with Crippen molar-refractivity contribution in [2.45, 2.75) is 18.9 Å². The molecule has 1 fully saturated rings. The molecule has 2 rings (SSSR count). The van der Waals surface area contributed by atoms with E-state index < -0.39 is 5.82 Å². The lowest BCUT2D eigenvalue weighted by atomic mass is 10.1. The van der Waals surface area contributed by atoms with E-state index in [1.807, 2.05) is 0 Å². The summed E-state index contributed by atoms with van der Waals surface area (Å²) in [6.45, 7) is 1.84. The Morgan fingerprint density at radius 2 is 2.21 bits per heavy atom. The monoisotopic (exact) mass is 197 g/mol. The molecule has 0 unspecified atom stereocenters. The highest BCUT2D eigenvalue weighted by Gasteiger charge is 2.15. The van der Waals surface area contributed by atoms with Crippen LogP contribution in [0.4, 0.5) is 4.39 Å². The number of piperidine rings is 1. The van der Waals surface area contributed by atoms with Crippen molar-refractivity contribution < 1.29 is 9.13 Å². The molecule has 1 atom stereocenters. The van der Waals surface area contributed by atoms with Crippen LogP contribution in [0.5, 0.6) is 6.01 Å². The van der Waals surface area contributed by atoms with E-state index in [1.165, 1.54) is 0 Å². The first-order chi connectivity index (χ1) is 6.84. The maximum Gasteiger partial charge on any atom is 0.316 e. The van der Waals surface area contributed by atoms with Gasteiger partial charge in [0.15, 0.2) is 5.82 Å². The molecule has 5 heteroatoms. The van der Waals surface area contributed by atoms with E-state index >= 15 is 0 Å². The molecule has 1 N–H and O–H groups in total. The number of ether oxygens (including phenoxy) is 1. The van der Waals surface area contributed by atoms with Gasteiger partial charge in [0.2, 0.25) is 0 Å². The quantitative estimate of drug-likeness (QED) is 0.759. The third-order valence-electron chi connectivity index (χ3n) is 2.12. The zero-order valence-corrected chi connectivity index (χ0v) is 7.74. The number of hydrogen-bond acceptors (Lipinski definition) is 4. The van der Waals surface area contributed by atoms with Gasteiger partial charge in [-0.2, -0.15) is 0 Å². The van der Waals surface area contributed by atoms with Crippen molar-refractivity contribution >= 4 is 0 Å². The summed E-state index contributed by atoms with van der Waals surface area (Å²) in [7, 11) is 0. The van der Waals surface area contributed by atoms with Gasteiger partial charge in [0, 0.05) is 6.54 Å². The molecular formula is C9H12FN3O. The SMILES string of the molecule is Fc1cnc(O[C@@H]2CCCNC2)nc1. The van der Waals surface area contributed by atoms with Gasteiger partial charge in [0.25, 0.3) is 0 Å². The van der Waals surface area contributed by atoms with Crippen LogP contribution in [0.2, 0.25) is 0 Å². The van der Waals surface area contributed by atoms with Gasteiger partial charge < -0.3 is 10.1 Å². The normalized spacial score (nSPS) is 21.9. The Bertz CT molecular complexity index is 285. The van der Waals surface area contributed by atoms with E-state index in [9.17, 15) is 4.39 Å². The van der Waals surface area contributed by atoms with Crippen LogP contribution < -0.4 is 10.1 Å². The van der Waals surface area contributed by atoms with Gasteiger partial charge in [-0.15, -0.1) is 0 Å². The molecule has 0 saturated carbocycles. The Morgan fingerprint density at radius 3 is 2.86 bits per heavy atom. The summed E-state index contributed by atoms with van der Waals surface area (Å²) in [5.74, 6) is -0.445. The molecule has 14 heavy (non-hydrogen) atoms. The molecule has 0 spiro atoms. The zero-order valence-electron chi connectivity index (χ0n) is 7.74. The van der Waals surface area contributed by atoms with Crippen molar-refractivity contribution in [2.75, 3.05) is 13.1 Å². The second-order valence-corrected chi connectivity index (χ2v) is 3.27. The van der Waals surface area contributed by atoms with E-state index in [1.54, 1.807) is 0 Å². The van der Waals surface area contributed by atoms with Crippen molar-refractivity contribution in [3.05, 3.63) is 18.2 Å². The highest BCUT2D eigenvalue weighted by atomic mass is 19.1. The van der Waals surface area contributed by atoms with Gasteiger partial charge in [-0.25, -0.2) is 14.4 Å². The molecule has 2 heterocycles.